The highest BCUT2D eigenvalue weighted by Crippen LogP contribution is 2.22. The normalized spacial score (nSPS) is 16.3. The molecule has 1 aromatic carbocycles. The van der Waals surface area contributed by atoms with Gasteiger partial charge in [0.25, 0.3) is 11.8 Å². The van der Waals surface area contributed by atoms with E-state index in [-0.39, 0.29) is 23.6 Å². The fourth-order valence-electron chi connectivity index (χ4n) is 3.60. The Morgan fingerprint density at radius 3 is 2.66 bits per heavy atom. The molecular formula is C22H27N3O3S. The molecule has 0 aliphatic carbocycles. The number of hydrogen-bond acceptors (Lipinski definition) is 4. The van der Waals surface area contributed by atoms with Crippen molar-refractivity contribution in [3.63, 3.8) is 0 Å². The number of nitrogens with one attached hydrogen (secondary N) is 1. The molecular weight excluding hydrogens is 386 g/mol. The Labute approximate surface area is 175 Å². The second-order valence-electron chi connectivity index (χ2n) is 7.12. The quantitative estimate of drug-likeness (QED) is 0.785. The Bertz CT molecular complexity index is 862. The molecule has 1 aliphatic rings. The Morgan fingerprint density at radius 1 is 1.17 bits per heavy atom. The fraction of sp³-hybridized carbons (Fsp3) is 0.409. The second kappa shape index (κ2) is 9.69. The average Bonchev–Trinajstić information content (AvgIpc) is 3.29. The summed E-state index contributed by atoms with van der Waals surface area (Å²) in [4.78, 5) is 42.2. The average molecular weight is 414 g/mol. The number of anilines is 1. The second-order valence-corrected chi connectivity index (χ2v) is 8.06. The minimum Gasteiger partial charge on any atom is -0.339 e. The summed E-state index contributed by atoms with van der Waals surface area (Å²) >= 11 is 1.42. The lowest BCUT2D eigenvalue weighted by molar-refractivity contribution is -0.121. The van der Waals surface area contributed by atoms with Gasteiger partial charge >= 0.3 is 0 Å². The van der Waals surface area contributed by atoms with Gasteiger partial charge in [0.15, 0.2) is 0 Å². The summed E-state index contributed by atoms with van der Waals surface area (Å²) in [5.74, 6) is -0.420. The SMILES string of the molecule is CCN(CC)C(=O)c1cccc(NC(=O)C2CCCN(C(=O)c3cccs3)C2)c1. The first-order valence-corrected chi connectivity index (χ1v) is 10.9. The van der Waals surface area contributed by atoms with Crippen molar-refractivity contribution >= 4 is 34.7 Å². The molecule has 0 spiro atoms. The molecule has 2 heterocycles. The van der Waals surface area contributed by atoms with Crippen LogP contribution in [0.15, 0.2) is 41.8 Å². The molecule has 0 radical (unpaired) electrons. The van der Waals surface area contributed by atoms with Crippen LogP contribution in [0.5, 0.6) is 0 Å². The van der Waals surface area contributed by atoms with Crippen LogP contribution < -0.4 is 5.32 Å². The number of carbonyl (C=O) groups is 3. The number of rotatable bonds is 6. The van der Waals surface area contributed by atoms with E-state index in [2.05, 4.69) is 5.32 Å². The maximum atomic E-state index is 12.8. The number of benzene rings is 1. The molecule has 0 bridgehead atoms. The van der Waals surface area contributed by atoms with Gasteiger partial charge in [0.1, 0.15) is 0 Å². The van der Waals surface area contributed by atoms with Crippen LogP contribution in [0, 0.1) is 5.92 Å². The minimum atomic E-state index is -0.255. The first kappa shape index (κ1) is 21.0. The number of amides is 3. The Kier molecular flexibility index (Phi) is 7.04. The predicted molar refractivity (Wildman–Crippen MR) is 115 cm³/mol. The summed E-state index contributed by atoms with van der Waals surface area (Å²) in [5.41, 5.74) is 1.17. The smallest absolute Gasteiger partial charge is 0.263 e. The molecule has 6 nitrogen and oxygen atoms in total. The van der Waals surface area contributed by atoms with Crippen molar-refractivity contribution < 1.29 is 14.4 Å². The molecule has 1 fully saturated rings. The molecule has 1 atom stereocenters. The van der Waals surface area contributed by atoms with E-state index in [0.717, 1.165) is 12.8 Å². The van der Waals surface area contributed by atoms with Crippen LogP contribution in [-0.4, -0.2) is 53.7 Å². The van der Waals surface area contributed by atoms with Gasteiger partial charge in [0.05, 0.1) is 10.8 Å². The number of likely N-dealkylation sites (tertiary alicyclic amines) is 1. The third-order valence-electron chi connectivity index (χ3n) is 5.24. The summed E-state index contributed by atoms with van der Waals surface area (Å²) in [7, 11) is 0. The van der Waals surface area contributed by atoms with Crippen molar-refractivity contribution in [3.05, 3.63) is 52.2 Å². The largest absolute Gasteiger partial charge is 0.339 e. The van der Waals surface area contributed by atoms with Crippen LogP contribution in [0.1, 0.15) is 46.7 Å². The first-order chi connectivity index (χ1) is 14.0. The van der Waals surface area contributed by atoms with Crippen molar-refractivity contribution in [2.75, 3.05) is 31.5 Å². The van der Waals surface area contributed by atoms with E-state index >= 15 is 0 Å². The van der Waals surface area contributed by atoms with Crippen LogP contribution in [-0.2, 0) is 4.79 Å². The number of carbonyl (C=O) groups excluding carboxylic acids is 3. The van der Waals surface area contributed by atoms with E-state index in [4.69, 9.17) is 0 Å². The fourth-order valence-corrected chi connectivity index (χ4v) is 4.29. The van der Waals surface area contributed by atoms with Gasteiger partial charge in [-0.05, 0) is 56.3 Å². The van der Waals surface area contributed by atoms with Gasteiger partial charge in [-0.1, -0.05) is 12.1 Å². The lowest BCUT2D eigenvalue weighted by atomic mass is 9.96. The number of thiophene rings is 1. The number of piperidine rings is 1. The van der Waals surface area contributed by atoms with E-state index in [9.17, 15) is 14.4 Å². The first-order valence-electron chi connectivity index (χ1n) is 10.1. The third-order valence-corrected chi connectivity index (χ3v) is 6.10. The maximum absolute atomic E-state index is 12.8. The van der Waals surface area contributed by atoms with Crippen LogP contribution in [0.4, 0.5) is 5.69 Å². The zero-order valence-corrected chi connectivity index (χ0v) is 17.7. The topological polar surface area (TPSA) is 69.7 Å². The molecule has 1 unspecified atom stereocenters. The van der Waals surface area contributed by atoms with Gasteiger partial charge in [-0.3, -0.25) is 14.4 Å². The number of hydrogen-bond donors (Lipinski definition) is 1. The zero-order chi connectivity index (χ0) is 20.8. The molecule has 29 heavy (non-hydrogen) atoms. The molecule has 1 N–H and O–H groups in total. The number of nitrogens with zero attached hydrogens (tertiary/aromatic N) is 2. The van der Waals surface area contributed by atoms with E-state index in [1.54, 1.807) is 34.1 Å². The predicted octanol–water partition coefficient (Wildman–Crippen LogP) is 3.72. The van der Waals surface area contributed by atoms with Gasteiger partial charge in [-0.25, -0.2) is 0 Å². The molecule has 154 valence electrons. The Morgan fingerprint density at radius 2 is 1.97 bits per heavy atom. The van der Waals surface area contributed by atoms with Crippen molar-refractivity contribution in [1.82, 2.24) is 9.80 Å². The molecule has 3 rings (SSSR count). The summed E-state index contributed by atoms with van der Waals surface area (Å²) < 4.78 is 0. The van der Waals surface area contributed by atoms with Crippen molar-refractivity contribution in [2.24, 2.45) is 5.92 Å². The van der Waals surface area contributed by atoms with Crippen LogP contribution in [0.3, 0.4) is 0 Å². The molecule has 1 aliphatic heterocycles. The van der Waals surface area contributed by atoms with Gasteiger partial charge in [0.2, 0.25) is 5.91 Å². The standard InChI is InChI=1S/C22H27N3O3S/c1-3-24(4-2)21(27)16-8-5-10-18(14-16)23-20(26)17-9-6-12-25(15-17)22(28)19-11-7-13-29-19/h5,7-8,10-11,13-14,17H,3-4,6,9,12,15H2,1-2H3,(H,23,26). The van der Waals surface area contributed by atoms with Crippen LogP contribution in [0.2, 0.25) is 0 Å². The molecule has 2 aromatic rings. The highest BCUT2D eigenvalue weighted by atomic mass is 32.1. The Hall–Kier alpha value is -2.67. The minimum absolute atomic E-state index is 0.00989. The maximum Gasteiger partial charge on any atom is 0.263 e. The lowest BCUT2D eigenvalue weighted by Crippen LogP contribution is -2.43. The molecule has 7 heteroatoms. The van der Waals surface area contributed by atoms with E-state index in [0.29, 0.717) is 42.3 Å². The van der Waals surface area contributed by atoms with Crippen molar-refractivity contribution in [1.29, 1.82) is 0 Å². The molecule has 1 saturated heterocycles. The van der Waals surface area contributed by atoms with E-state index < -0.39 is 0 Å². The van der Waals surface area contributed by atoms with Gasteiger partial charge in [-0.2, -0.15) is 0 Å². The summed E-state index contributed by atoms with van der Waals surface area (Å²) in [6, 6.07) is 10.7. The zero-order valence-electron chi connectivity index (χ0n) is 16.9. The highest BCUT2D eigenvalue weighted by Gasteiger charge is 2.29. The third kappa shape index (κ3) is 5.03. The van der Waals surface area contributed by atoms with Crippen molar-refractivity contribution in [3.8, 4) is 0 Å². The van der Waals surface area contributed by atoms with E-state index in [1.165, 1.54) is 11.3 Å². The lowest BCUT2D eigenvalue weighted by Gasteiger charge is -2.31. The molecule has 3 amide bonds. The van der Waals surface area contributed by atoms with Crippen LogP contribution in [0.25, 0.3) is 0 Å². The highest BCUT2D eigenvalue weighted by molar-refractivity contribution is 7.12. The van der Waals surface area contributed by atoms with Gasteiger partial charge in [0, 0.05) is 37.4 Å². The summed E-state index contributed by atoms with van der Waals surface area (Å²) in [5, 5.41) is 4.81. The van der Waals surface area contributed by atoms with E-state index in [1.807, 2.05) is 31.4 Å². The monoisotopic (exact) mass is 413 g/mol. The Balaban J connectivity index is 1.64. The van der Waals surface area contributed by atoms with Gasteiger partial charge < -0.3 is 15.1 Å². The molecule has 1 aromatic heterocycles. The summed E-state index contributed by atoms with van der Waals surface area (Å²) in [6.45, 7) is 6.26. The van der Waals surface area contributed by atoms with Gasteiger partial charge in [-0.15, -0.1) is 11.3 Å². The molecule has 0 saturated carbocycles. The van der Waals surface area contributed by atoms with Crippen molar-refractivity contribution in [2.45, 2.75) is 26.7 Å². The van der Waals surface area contributed by atoms with Crippen LogP contribution >= 0.6 is 11.3 Å². The summed E-state index contributed by atoms with van der Waals surface area (Å²) in [6.07, 6.45) is 1.55.